The molecule has 0 bridgehead atoms. The molecule has 1 aromatic heterocycles. The van der Waals surface area contributed by atoms with E-state index >= 15 is 0 Å². The van der Waals surface area contributed by atoms with Crippen molar-refractivity contribution in [1.29, 1.82) is 0 Å². The molecule has 0 aliphatic heterocycles. The highest BCUT2D eigenvalue weighted by Gasteiger charge is 2.36. The average Bonchev–Trinajstić information content (AvgIpc) is 2.62. The highest BCUT2D eigenvalue weighted by Crippen LogP contribution is 2.29. The predicted molar refractivity (Wildman–Crippen MR) is 77.6 cm³/mol. The molecular formula is C14H25ClN2O2. The van der Waals surface area contributed by atoms with Crippen molar-refractivity contribution in [2.45, 2.75) is 58.7 Å². The lowest BCUT2D eigenvalue weighted by Gasteiger charge is -2.36. The zero-order valence-corrected chi connectivity index (χ0v) is 13.3. The second-order valence-electron chi connectivity index (χ2n) is 4.89. The third-order valence-electron chi connectivity index (χ3n) is 3.88. The first kappa shape index (κ1) is 16.5. The fourth-order valence-corrected chi connectivity index (χ4v) is 2.82. The van der Waals surface area contributed by atoms with Gasteiger partial charge in [0.2, 0.25) is 0 Å². The van der Waals surface area contributed by atoms with Crippen molar-refractivity contribution in [3.05, 3.63) is 16.4 Å². The minimum absolute atomic E-state index is 0.456. The van der Waals surface area contributed by atoms with Crippen LogP contribution in [-0.2, 0) is 18.2 Å². The second-order valence-corrected chi connectivity index (χ2v) is 5.27. The minimum Gasteiger partial charge on any atom is -0.390 e. The van der Waals surface area contributed by atoms with Crippen molar-refractivity contribution in [2.24, 2.45) is 7.05 Å². The van der Waals surface area contributed by atoms with Crippen molar-refractivity contribution in [3.8, 4) is 0 Å². The molecule has 0 saturated heterocycles. The van der Waals surface area contributed by atoms with Gasteiger partial charge in [-0.3, -0.25) is 4.68 Å². The largest absolute Gasteiger partial charge is 0.390 e. The van der Waals surface area contributed by atoms with Gasteiger partial charge in [-0.1, -0.05) is 25.4 Å². The highest BCUT2D eigenvalue weighted by molar-refractivity contribution is 6.31. The quantitative estimate of drug-likeness (QED) is 0.839. The zero-order chi connectivity index (χ0) is 14.6. The summed E-state index contributed by atoms with van der Waals surface area (Å²) in [5.41, 5.74) is 1.15. The summed E-state index contributed by atoms with van der Waals surface area (Å²) in [4.78, 5) is 0. The number of ether oxygens (including phenoxy) is 1. The summed E-state index contributed by atoms with van der Waals surface area (Å²) in [5, 5.41) is 15.5. The fourth-order valence-electron chi connectivity index (χ4n) is 2.58. The molecule has 0 fully saturated rings. The van der Waals surface area contributed by atoms with Crippen LogP contribution in [0.4, 0.5) is 0 Å². The molecule has 0 amide bonds. The Kier molecular flexibility index (Phi) is 5.83. The van der Waals surface area contributed by atoms with Gasteiger partial charge < -0.3 is 9.84 Å². The van der Waals surface area contributed by atoms with Crippen LogP contribution >= 0.6 is 11.6 Å². The molecule has 110 valence electrons. The molecule has 1 N–H and O–H groups in total. The Morgan fingerprint density at radius 1 is 1.37 bits per heavy atom. The van der Waals surface area contributed by atoms with Gasteiger partial charge in [0.1, 0.15) is 0 Å². The van der Waals surface area contributed by atoms with Crippen LogP contribution in [0.2, 0.25) is 5.02 Å². The number of hydrogen-bond donors (Lipinski definition) is 1. The summed E-state index contributed by atoms with van der Waals surface area (Å²) in [5.74, 6) is 0. The summed E-state index contributed by atoms with van der Waals surface area (Å²) in [6, 6.07) is 0. The van der Waals surface area contributed by atoms with Gasteiger partial charge in [-0.2, -0.15) is 5.10 Å². The molecule has 19 heavy (non-hydrogen) atoms. The summed E-state index contributed by atoms with van der Waals surface area (Å²) >= 11 is 6.24. The maximum atomic E-state index is 10.6. The summed E-state index contributed by atoms with van der Waals surface area (Å²) in [6.45, 7) is 8.50. The molecule has 1 unspecified atom stereocenters. The third-order valence-corrected chi connectivity index (χ3v) is 4.38. The lowest BCUT2D eigenvalue weighted by atomic mass is 9.87. The number of aromatic nitrogens is 2. The maximum absolute atomic E-state index is 10.6. The van der Waals surface area contributed by atoms with Crippen molar-refractivity contribution in [3.63, 3.8) is 0 Å². The van der Waals surface area contributed by atoms with Crippen LogP contribution < -0.4 is 0 Å². The van der Waals surface area contributed by atoms with E-state index in [1.165, 1.54) is 0 Å². The molecular weight excluding hydrogens is 264 g/mol. The molecule has 5 heteroatoms. The SMILES string of the molecule is CCOC(CC)(CC)C(O)Cc1c(Cl)c(C)nn1C. The Morgan fingerprint density at radius 2 is 1.95 bits per heavy atom. The van der Waals surface area contributed by atoms with Crippen LogP contribution in [-0.4, -0.2) is 33.2 Å². The van der Waals surface area contributed by atoms with E-state index in [0.29, 0.717) is 18.1 Å². The molecule has 0 saturated carbocycles. The smallest absolute Gasteiger partial charge is 0.0938 e. The molecule has 0 radical (unpaired) electrons. The van der Waals surface area contributed by atoms with Crippen molar-refractivity contribution >= 4 is 11.6 Å². The fraction of sp³-hybridized carbons (Fsp3) is 0.786. The van der Waals surface area contributed by atoms with Crippen LogP contribution in [0.5, 0.6) is 0 Å². The van der Waals surface area contributed by atoms with E-state index in [-0.39, 0.29) is 0 Å². The maximum Gasteiger partial charge on any atom is 0.0938 e. The molecule has 4 nitrogen and oxygen atoms in total. The lowest BCUT2D eigenvalue weighted by Crippen LogP contribution is -2.45. The monoisotopic (exact) mass is 288 g/mol. The number of aliphatic hydroxyl groups excluding tert-OH is 1. The van der Waals surface area contributed by atoms with Gasteiger partial charge in [0, 0.05) is 20.1 Å². The van der Waals surface area contributed by atoms with E-state index in [0.717, 1.165) is 24.2 Å². The number of hydrogen-bond acceptors (Lipinski definition) is 3. The minimum atomic E-state index is -0.588. The molecule has 1 atom stereocenters. The van der Waals surface area contributed by atoms with Gasteiger partial charge in [-0.25, -0.2) is 0 Å². The van der Waals surface area contributed by atoms with E-state index in [2.05, 4.69) is 5.10 Å². The number of rotatable bonds is 7. The zero-order valence-electron chi connectivity index (χ0n) is 12.5. The Bertz CT molecular complexity index is 414. The van der Waals surface area contributed by atoms with Crippen LogP contribution in [0.1, 0.15) is 45.0 Å². The second kappa shape index (κ2) is 6.73. The molecule has 1 heterocycles. The van der Waals surface area contributed by atoms with Gasteiger partial charge in [0.15, 0.2) is 0 Å². The van der Waals surface area contributed by atoms with E-state index < -0.39 is 11.7 Å². The lowest BCUT2D eigenvalue weighted by molar-refractivity contribution is -0.124. The number of halogens is 1. The molecule has 0 aromatic carbocycles. The number of aliphatic hydroxyl groups is 1. The Hall–Kier alpha value is -0.580. The van der Waals surface area contributed by atoms with Crippen LogP contribution in [0.3, 0.4) is 0 Å². The van der Waals surface area contributed by atoms with E-state index in [9.17, 15) is 5.11 Å². The van der Waals surface area contributed by atoms with Crippen LogP contribution in [0, 0.1) is 6.92 Å². The van der Waals surface area contributed by atoms with Crippen LogP contribution in [0.15, 0.2) is 0 Å². The van der Waals surface area contributed by atoms with Crippen molar-refractivity contribution in [1.82, 2.24) is 9.78 Å². The van der Waals surface area contributed by atoms with E-state index in [4.69, 9.17) is 16.3 Å². The van der Waals surface area contributed by atoms with E-state index in [1.54, 1.807) is 4.68 Å². The Balaban J connectivity index is 2.96. The molecule has 0 spiro atoms. The summed E-state index contributed by atoms with van der Waals surface area (Å²) in [7, 11) is 1.85. The molecule has 0 aliphatic rings. The van der Waals surface area contributed by atoms with Gasteiger partial charge in [-0.15, -0.1) is 0 Å². The first-order chi connectivity index (χ1) is 8.91. The number of aryl methyl sites for hydroxylation is 2. The summed E-state index contributed by atoms with van der Waals surface area (Å²) in [6.07, 6.45) is 1.41. The molecule has 1 aromatic rings. The first-order valence-corrected chi connectivity index (χ1v) is 7.29. The van der Waals surface area contributed by atoms with Gasteiger partial charge in [0.25, 0.3) is 0 Å². The van der Waals surface area contributed by atoms with Gasteiger partial charge in [-0.05, 0) is 26.7 Å². The Labute approximate surface area is 120 Å². The average molecular weight is 289 g/mol. The highest BCUT2D eigenvalue weighted by atomic mass is 35.5. The van der Waals surface area contributed by atoms with Gasteiger partial charge in [0.05, 0.1) is 28.1 Å². The van der Waals surface area contributed by atoms with Crippen molar-refractivity contribution < 1.29 is 9.84 Å². The standard InChI is InChI=1S/C14H25ClN2O2/c1-6-14(7-2,19-8-3)12(18)9-11-13(15)10(4)16-17(11)5/h12,18H,6-9H2,1-5H3. The van der Waals surface area contributed by atoms with Crippen molar-refractivity contribution in [2.75, 3.05) is 6.61 Å². The van der Waals surface area contributed by atoms with E-state index in [1.807, 2.05) is 34.7 Å². The number of nitrogens with zero attached hydrogens (tertiary/aromatic N) is 2. The predicted octanol–water partition coefficient (Wildman–Crippen LogP) is 2.88. The first-order valence-electron chi connectivity index (χ1n) is 6.91. The van der Waals surface area contributed by atoms with Crippen LogP contribution in [0.25, 0.3) is 0 Å². The molecule has 0 aliphatic carbocycles. The summed E-state index contributed by atoms with van der Waals surface area (Å²) < 4.78 is 7.56. The molecule has 1 rings (SSSR count). The Morgan fingerprint density at radius 3 is 2.32 bits per heavy atom. The third kappa shape index (κ3) is 3.30. The normalized spacial score (nSPS) is 13.8. The topological polar surface area (TPSA) is 47.3 Å². The van der Waals surface area contributed by atoms with Gasteiger partial charge >= 0.3 is 0 Å².